The predicted molar refractivity (Wildman–Crippen MR) is 79.8 cm³/mol. The van der Waals surface area contributed by atoms with Gasteiger partial charge in [-0.3, -0.25) is 9.97 Å². The van der Waals surface area contributed by atoms with Gasteiger partial charge in [0.15, 0.2) is 0 Å². The molecule has 0 radical (unpaired) electrons. The first-order valence-corrected chi connectivity index (χ1v) is 6.96. The number of aromatic nitrogens is 2. The van der Waals surface area contributed by atoms with Gasteiger partial charge in [0.25, 0.3) is 0 Å². The van der Waals surface area contributed by atoms with Crippen molar-refractivity contribution in [1.82, 2.24) is 15.3 Å². The summed E-state index contributed by atoms with van der Waals surface area (Å²) in [6, 6.07) is 8.12. The van der Waals surface area contributed by atoms with Crippen LogP contribution < -0.4 is 10.1 Å². The van der Waals surface area contributed by atoms with E-state index < -0.39 is 0 Å². The minimum Gasteiger partial charge on any atom is -0.495 e. The fourth-order valence-corrected chi connectivity index (χ4v) is 2.28. The van der Waals surface area contributed by atoms with Crippen molar-refractivity contribution in [2.45, 2.75) is 25.8 Å². The van der Waals surface area contributed by atoms with Crippen molar-refractivity contribution in [1.29, 1.82) is 0 Å². The SMILES string of the molecule is CCNC(CCc1cccnc1)c1ncccc1OC. The van der Waals surface area contributed by atoms with E-state index in [0.717, 1.165) is 30.8 Å². The summed E-state index contributed by atoms with van der Waals surface area (Å²) in [6.07, 6.45) is 7.45. The normalized spacial score (nSPS) is 12.1. The Bertz CT molecular complexity index is 516. The van der Waals surface area contributed by atoms with Gasteiger partial charge in [-0.25, -0.2) is 0 Å². The Hall–Kier alpha value is -1.94. The molecular weight excluding hydrogens is 250 g/mol. The molecule has 0 amide bonds. The van der Waals surface area contributed by atoms with Gasteiger partial charge in [-0.2, -0.15) is 0 Å². The third kappa shape index (κ3) is 3.78. The highest BCUT2D eigenvalue weighted by Crippen LogP contribution is 2.25. The van der Waals surface area contributed by atoms with Crippen molar-refractivity contribution >= 4 is 0 Å². The monoisotopic (exact) mass is 271 g/mol. The zero-order valence-corrected chi connectivity index (χ0v) is 12.0. The molecule has 4 heteroatoms. The van der Waals surface area contributed by atoms with Crippen LogP contribution in [0.4, 0.5) is 0 Å². The first-order chi connectivity index (χ1) is 9.85. The molecule has 0 aliphatic rings. The Morgan fingerprint density at radius 2 is 2.10 bits per heavy atom. The highest BCUT2D eigenvalue weighted by molar-refractivity contribution is 5.29. The number of pyridine rings is 2. The van der Waals surface area contributed by atoms with Crippen LogP contribution in [0.5, 0.6) is 5.75 Å². The van der Waals surface area contributed by atoms with Crippen molar-refractivity contribution < 1.29 is 4.74 Å². The van der Waals surface area contributed by atoms with E-state index in [9.17, 15) is 0 Å². The molecule has 0 spiro atoms. The molecule has 1 N–H and O–H groups in total. The molecule has 0 aliphatic heterocycles. The molecule has 1 unspecified atom stereocenters. The molecule has 0 fully saturated rings. The molecule has 2 aromatic heterocycles. The first kappa shape index (κ1) is 14.5. The number of nitrogens with one attached hydrogen (secondary N) is 1. The Balaban J connectivity index is 2.10. The maximum atomic E-state index is 5.41. The van der Waals surface area contributed by atoms with Gasteiger partial charge in [-0.05, 0) is 43.1 Å². The van der Waals surface area contributed by atoms with Gasteiger partial charge < -0.3 is 10.1 Å². The molecule has 106 valence electrons. The van der Waals surface area contributed by atoms with E-state index in [2.05, 4.69) is 28.3 Å². The van der Waals surface area contributed by atoms with E-state index in [-0.39, 0.29) is 6.04 Å². The first-order valence-electron chi connectivity index (χ1n) is 6.96. The van der Waals surface area contributed by atoms with Crippen LogP contribution in [-0.4, -0.2) is 23.6 Å². The van der Waals surface area contributed by atoms with Crippen LogP contribution in [0.2, 0.25) is 0 Å². The van der Waals surface area contributed by atoms with Gasteiger partial charge in [0.2, 0.25) is 0 Å². The summed E-state index contributed by atoms with van der Waals surface area (Å²) in [5, 5.41) is 3.48. The van der Waals surface area contributed by atoms with E-state index in [4.69, 9.17) is 4.74 Å². The van der Waals surface area contributed by atoms with Crippen molar-refractivity contribution in [2.24, 2.45) is 0 Å². The van der Waals surface area contributed by atoms with Crippen LogP contribution >= 0.6 is 0 Å². The van der Waals surface area contributed by atoms with E-state index >= 15 is 0 Å². The fraction of sp³-hybridized carbons (Fsp3) is 0.375. The summed E-state index contributed by atoms with van der Waals surface area (Å²) in [5.74, 6) is 0.838. The lowest BCUT2D eigenvalue weighted by molar-refractivity contribution is 0.390. The number of nitrogens with zero attached hydrogens (tertiary/aromatic N) is 2. The topological polar surface area (TPSA) is 47.0 Å². The second kappa shape index (κ2) is 7.60. The predicted octanol–water partition coefficient (Wildman–Crippen LogP) is 2.77. The van der Waals surface area contributed by atoms with Crippen molar-refractivity contribution in [3.63, 3.8) is 0 Å². The van der Waals surface area contributed by atoms with Gasteiger partial charge in [0.05, 0.1) is 18.8 Å². The number of hydrogen-bond donors (Lipinski definition) is 1. The average Bonchev–Trinajstić information content (AvgIpc) is 2.52. The molecule has 2 rings (SSSR count). The average molecular weight is 271 g/mol. The Morgan fingerprint density at radius 1 is 1.25 bits per heavy atom. The lowest BCUT2D eigenvalue weighted by atomic mass is 10.0. The maximum absolute atomic E-state index is 5.41. The number of hydrogen-bond acceptors (Lipinski definition) is 4. The molecular formula is C16H21N3O. The molecule has 0 saturated carbocycles. The number of rotatable bonds is 7. The lowest BCUT2D eigenvalue weighted by Gasteiger charge is -2.19. The van der Waals surface area contributed by atoms with E-state index in [1.54, 1.807) is 13.3 Å². The van der Waals surface area contributed by atoms with E-state index in [1.165, 1.54) is 5.56 Å². The molecule has 0 bridgehead atoms. The van der Waals surface area contributed by atoms with E-state index in [0.29, 0.717) is 0 Å². The third-order valence-electron chi connectivity index (χ3n) is 3.24. The molecule has 4 nitrogen and oxygen atoms in total. The van der Waals surface area contributed by atoms with Crippen LogP contribution in [0.25, 0.3) is 0 Å². The van der Waals surface area contributed by atoms with Crippen molar-refractivity contribution in [3.05, 3.63) is 54.1 Å². The van der Waals surface area contributed by atoms with Crippen LogP contribution in [-0.2, 0) is 6.42 Å². The summed E-state index contributed by atoms with van der Waals surface area (Å²) in [4.78, 5) is 8.63. The van der Waals surface area contributed by atoms with Crippen LogP contribution in [0, 0.1) is 0 Å². The minimum atomic E-state index is 0.191. The summed E-state index contributed by atoms with van der Waals surface area (Å²) in [7, 11) is 1.69. The smallest absolute Gasteiger partial charge is 0.141 e. The van der Waals surface area contributed by atoms with Gasteiger partial charge in [0.1, 0.15) is 5.75 Å². The van der Waals surface area contributed by atoms with Gasteiger partial charge >= 0.3 is 0 Å². The van der Waals surface area contributed by atoms with Gasteiger partial charge in [-0.15, -0.1) is 0 Å². The maximum Gasteiger partial charge on any atom is 0.141 e. The Kier molecular flexibility index (Phi) is 5.50. The number of methoxy groups -OCH3 is 1. The number of ether oxygens (including phenoxy) is 1. The fourth-order valence-electron chi connectivity index (χ4n) is 2.28. The number of aryl methyl sites for hydroxylation is 1. The van der Waals surface area contributed by atoms with Crippen molar-refractivity contribution in [2.75, 3.05) is 13.7 Å². The quantitative estimate of drug-likeness (QED) is 0.841. The molecule has 0 aromatic carbocycles. The summed E-state index contributed by atoms with van der Waals surface area (Å²) < 4.78 is 5.41. The molecule has 2 heterocycles. The largest absolute Gasteiger partial charge is 0.495 e. The second-order valence-electron chi connectivity index (χ2n) is 4.60. The standard InChI is InChI=1S/C16H21N3O/c1-3-18-14(9-8-13-6-4-10-17-12-13)16-15(20-2)7-5-11-19-16/h4-7,10-12,14,18H,3,8-9H2,1-2H3. The lowest BCUT2D eigenvalue weighted by Crippen LogP contribution is -2.23. The van der Waals surface area contributed by atoms with Crippen LogP contribution in [0.3, 0.4) is 0 Å². The van der Waals surface area contributed by atoms with Crippen LogP contribution in [0.15, 0.2) is 42.9 Å². The van der Waals surface area contributed by atoms with Crippen molar-refractivity contribution in [3.8, 4) is 5.75 Å². The zero-order valence-electron chi connectivity index (χ0n) is 12.0. The highest BCUT2D eigenvalue weighted by atomic mass is 16.5. The Morgan fingerprint density at radius 3 is 2.80 bits per heavy atom. The zero-order chi connectivity index (χ0) is 14.2. The van der Waals surface area contributed by atoms with Gasteiger partial charge in [0, 0.05) is 18.6 Å². The third-order valence-corrected chi connectivity index (χ3v) is 3.24. The second-order valence-corrected chi connectivity index (χ2v) is 4.60. The minimum absolute atomic E-state index is 0.191. The molecule has 0 saturated heterocycles. The van der Waals surface area contributed by atoms with E-state index in [1.807, 2.05) is 30.6 Å². The molecule has 0 aliphatic carbocycles. The summed E-state index contributed by atoms with van der Waals surface area (Å²) in [6.45, 7) is 3.00. The molecule has 20 heavy (non-hydrogen) atoms. The summed E-state index contributed by atoms with van der Waals surface area (Å²) >= 11 is 0. The molecule has 2 aromatic rings. The Labute approximate surface area is 120 Å². The van der Waals surface area contributed by atoms with Gasteiger partial charge in [-0.1, -0.05) is 13.0 Å². The highest BCUT2D eigenvalue weighted by Gasteiger charge is 2.16. The molecule has 1 atom stereocenters. The summed E-state index contributed by atoms with van der Waals surface area (Å²) in [5.41, 5.74) is 2.21. The van der Waals surface area contributed by atoms with Crippen LogP contribution in [0.1, 0.15) is 30.6 Å².